The number of carbonyl (C=O) groups is 1. The van der Waals surface area contributed by atoms with Gasteiger partial charge in [0.25, 0.3) is 0 Å². The number of hydrogen-bond acceptors (Lipinski definition) is 5. The molecular weight excluding hydrogens is 356 g/mol. The van der Waals surface area contributed by atoms with E-state index in [0.717, 1.165) is 0 Å². The highest BCUT2D eigenvalue weighted by atomic mass is 32.2. The first-order valence-electron chi connectivity index (χ1n) is 9.28. The van der Waals surface area contributed by atoms with Crippen molar-refractivity contribution >= 4 is 16.1 Å². The Morgan fingerprint density at radius 1 is 1.15 bits per heavy atom. The van der Waals surface area contributed by atoms with Gasteiger partial charge in [-0.3, -0.25) is 0 Å². The molecule has 2 aliphatic rings. The second kappa shape index (κ2) is 6.95. The molecule has 8 heteroatoms. The number of sulfonamides is 1. The second-order valence-electron chi connectivity index (χ2n) is 9.56. The molecule has 0 saturated carbocycles. The van der Waals surface area contributed by atoms with Crippen molar-refractivity contribution in [2.75, 3.05) is 19.7 Å². The minimum absolute atomic E-state index is 0.194. The van der Waals surface area contributed by atoms with Crippen LogP contribution < -0.4 is 4.72 Å². The maximum atomic E-state index is 12.7. The highest BCUT2D eigenvalue weighted by Crippen LogP contribution is 2.43. The van der Waals surface area contributed by atoms with Gasteiger partial charge in [-0.25, -0.2) is 17.9 Å². The van der Waals surface area contributed by atoms with Gasteiger partial charge in [0.05, 0.1) is 23.5 Å². The largest absolute Gasteiger partial charge is 0.444 e. The predicted octanol–water partition coefficient (Wildman–Crippen LogP) is 2.51. The second-order valence-corrected chi connectivity index (χ2v) is 12.0. The molecule has 2 saturated heterocycles. The highest BCUT2D eigenvalue weighted by molar-refractivity contribution is 7.90. The summed E-state index contributed by atoms with van der Waals surface area (Å²) in [7, 11) is -3.48. The maximum absolute atomic E-state index is 12.7. The van der Waals surface area contributed by atoms with Crippen molar-refractivity contribution in [3.63, 3.8) is 0 Å². The number of nitrogens with one attached hydrogen (secondary N) is 1. The topological polar surface area (TPSA) is 84.9 Å². The monoisotopic (exact) mass is 390 g/mol. The zero-order valence-corrected chi connectivity index (χ0v) is 17.9. The molecule has 1 N–H and O–H groups in total. The van der Waals surface area contributed by atoms with E-state index in [1.54, 1.807) is 25.7 Å². The number of likely N-dealkylation sites (tertiary alicyclic amines) is 1. The molecular formula is C18H34N2O5S. The Labute approximate surface area is 157 Å². The van der Waals surface area contributed by atoms with Crippen molar-refractivity contribution < 1.29 is 22.7 Å². The Bertz CT molecular complexity index is 625. The molecule has 0 unspecified atom stereocenters. The van der Waals surface area contributed by atoms with Crippen molar-refractivity contribution in [3.05, 3.63) is 0 Å². The number of ether oxygens (including phenoxy) is 2. The first-order chi connectivity index (χ1) is 11.7. The Kier molecular flexibility index (Phi) is 5.73. The van der Waals surface area contributed by atoms with Crippen molar-refractivity contribution in [2.45, 2.75) is 83.8 Å². The van der Waals surface area contributed by atoms with E-state index in [-0.39, 0.29) is 23.7 Å². The van der Waals surface area contributed by atoms with E-state index in [1.807, 2.05) is 27.7 Å². The summed E-state index contributed by atoms with van der Waals surface area (Å²) in [6, 6.07) is -0.285. The van der Waals surface area contributed by atoms with E-state index in [0.29, 0.717) is 32.5 Å². The summed E-state index contributed by atoms with van der Waals surface area (Å²) in [5, 5.41) is 0. The van der Waals surface area contributed by atoms with Crippen LogP contribution in [0.3, 0.4) is 0 Å². The smallest absolute Gasteiger partial charge is 0.410 e. The van der Waals surface area contributed by atoms with Gasteiger partial charge in [-0.2, -0.15) is 0 Å². The highest BCUT2D eigenvalue weighted by Gasteiger charge is 2.52. The zero-order valence-electron chi connectivity index (χ0n) is 17.1. The van der Waals surface area contributed by atoms with E-state index < -0.39 is 20.4 Å². The van der Waals surface area contributed by atoms with Gasteiger partial charge in [-0.05, 0) is 61.3 Å². The van der Waals surface area contributed by atoms with Crippen LogP contribution in [0.15, 0.2) is 0 Å². The number of amides is 1. The van der Waals surface area contributed by atoms with Gasteiger partial charge in [0.15, 0.2) is 0 Å². The van der Waals surface area contributed by atoms with Crippen LogP contribution >= 0.6 is 0 Å². The fourth-order valence-corrected chi connectivity index (χ4v) is 4.59. The molecule has 152 valence electrons. The fourth-order valence-electron chi connectivity index (χ4n) is 3.46. The quantitative estimate of drug-likeness (QED) is 0.783. The average molecular weight is 391 g/mol. The van der Waals surface area contributed by atoms with Crippen LogP contribution in [0.1, 0.15) is 61.3 Å². The Hall–Kier alpha value is -0.860. The van der Waals surface area contributed by atoms with Crippen molar-refractivity contribution in [1.29, 1.82) is 0 Å². The summed E-state index contributed by atoms with van der Waals surface area (Å²) in [5.74, 6) is 0. The molecule has 1 amide bonds. The molecule has 2 heterocycles. The van der Waals surface area contributed by atoms with Crippen LogP contribution in [0.4, 0.5) is 4.79 Å². The third-order valence-electron chi connectivity index (χ3n) is 5.26. The molecule has 7 nitrogen and oxygen atoms in total. The lowest BCUT2D eigenvalue weighted by atomic mass is 9.73. The number of nitrogens with zero attached hydrogens (tertiary/aromatic N) is 1. The lowest BCUT2D eigenvalue weighted by molar-refractivity contribution is 0.00643. The molecule has 2 aliphatic heterocycles. The van der Waals surface area contributed by atoms with Gasteiger partial charge in [0.2, 0.25) is 10.0 Å². The van der Waals surface area contributed by atoms with Crippen molar-refractivity contribution in [1.82, 2.24) is 9.62 Å². The lowest BCUT2D eigenvalue weighted by Crippen LogP contribution is -2.57. The van der Waals surface area contributed by atoms with Crippen molar-refractivity contribution in [3.8, 4) is 0 Å². The molecule has 26 heavy (non-hydrogen) atoms. The number of hydrogen-bond donors (Lipinski definition) is 1. The summed E-state index contributed by atoms with van der Waals surface area (Å²) < 4.78 is 38.6. The SMILES string of the molecule is C[C@H]1OCC2(CCN(C(=O)OC(C)(C)C)CC2)[C@@H]1NS(=O)(=O)C(C)(C)C. The van der Waals surface area contributed by atoms with E-state index in [4.69, 9.17) is 9.47 Å². The third-order valence-corrected chi connectivity index (χ3v) is 7.44. The Morgan fingerprint density at radius 3 is 2.15 bits per heavy atom. The van der Waals surface area contributed by atoms with Gasteiger partial charge >= 0.3 is 6.09 Å². The van der Waals surface area contributed by atoms with Gasteiger partial charge in [-0.15, -0.1) is 0 Å². The molecule has 0 aromatic heterocycles. The lowest BCUT2D eigenvalue weighted by Gasteiger charge is -2.43. The molecule has 2 fully saturated rings. The summed E-state index contributed by atoms with van der Waals surface area (Å²) in [5.41, 5.74) is -0.807. The Balaban J connectivity index is 2.09. The normalized spacial score (nSPS) is 27.0. The number of carbonyl (C=O) groups excluding carboxylic acids is 1. The minimum atomic E-state index is -3.48. The summed E-state index contributed by atoms with van der Waals surface area (Å²) in [6.45, 7) is 14.1. The third kappa shape index (κ3) is 4.51. The first kappa shape index (κ1) is 21.4. The molecule has 2 atom stereocenters. The van der Waals surface area contributed by atoms with Gasteiger partial charge in [-0.1, -0.05) is 0 Å². The van der Waals surface area contributed by atoms with Crippen LogP contribution in [-0.4, -0.2) is 61.6 Å². The Morgan fingerprint density at radius 2 is 1.69 bits per heavy atom. The zero-order chi connectivity index (χ0) is 20.0. The maximum Gasteiger partial charge on any atom is 0.410 e. The first-order valence-corrected chi connectivity index (χ1v) is 10.8. The van der Waals surface area contributed by atoms with E-state index in [2.05, 4.69) is 4.72 Å². The van der Waals surface area contributed by atoms with Crippen LogP contribution in [0, 0.1) is 5.41 Å². The van der Waals surface area contributed by atoms with Crippen molar-refractivity contribution in [2.24, 2.45) is 5.41 Å². The van der Waals surface area contributed by atoms with Gasteiger partial charge in [0.1, 0.15) is 5.60 Å². The molecule has 1 spiro atoms. The average Bonchev–Trinajstić information content (AvgIpc) is 2.74. The summed E-state index contributed by atoms with van der Waals surface area (Å²) in [6.07, 6.45) is 0.869. The fraction of sp³-hybridized carbons (Fsp3) is 0.944. The van der Waals surface area contributed by atoms with Gasteiger partial charge in [0, 0.05) is 18.5 Å². The van der Waals surface area contributed by atoms with Crippen LogP contribution in [0.2, 0.25) is 0 Å². The molecule has 0 bridgehead atoms. The standard InChI is InChI=1S/C18H34N2O5S/c1-13-14(19-26(22,23)17(5,6)7)18(12-24-13)8-10-20(11-9-18)15(21)25-16(2,3)4/h13-14,19H,8-12H2,1-7H3/t13-,14-/m1/s1. The van der Waals surface area contributed by atoms with Crippen LogP contribution in [-0.2, 0) is 19.5 Å². The molecule has 0 aliphatic carbocycles. The number of rotatable bonds is 2. The van der Waals surface area contributed by atoms with E-state index in [9.17, 15) is 13.2 Å². The molecule has 2 rings (SSSR count). The molecule has 0 radical (unpaired) electrons. The van der Waals surface area contributed by atoms with E-state index in [1.165, 1.54) is 0 Å². The summed E-state index contributed by atoms with van der Waals surface area (Å²) in [4.78, 5) is 14.0. The van der Waals surface area contributed by atoms with Crippen LogP contribution in [0.25, 0.3) is 0 Å². The van der Waals surface area contributed by atoms with Crippen LogP contribution in [0.5, 0.6) is 0 Å². The summed E-state index contributed by atoms with van der Waals surface area (Å²) >= 11 is 0. The number of piperidine rings is 1. The van der Waals surface area contributed by atoms with Gasteiger partial charge < -0.3 is 14.4 Å². The van der Waals surface area contributed by atoms with E-state index >= 15 is 0 Å². The molecule has 0 aromatic carbocycles. The predicted molar refractivity (Wildman–Crippen MR) is 100 cm³/mol. The molecule has 0 aromatic rings. The minimum Gasteiger partial charge on any atom is -0.444 e.